The molecular weight excluding hydrogens is 325 g/mol. The second-order valence-electron chi connectivity index (χ2n) is 6.38. The Morgan fingerprint density at radius 2 is 1.96 bits per heavy atom. The Morgan fingerprint density at radius 1 is 1.28 bits per heavy atom. The monoisotopic (exact) mass is 345 g/mol. The molecule has 0 spiro atoms. The number of carbonyl (C=O) groups excluding carboxylic acids is 1. The van der Waals surface area contributed by atoms with Gasteiger partial charge in [-0.2, -0.15) is 5.10 Å². The van der Waals surface area contributed by atoms with E-state index in [1.54, 1.807) is 21.7 Å². The largest absolute Gasteiger partial charge is 0.481 e. The minimum Gasteiger partial charge on any atom is -0.481 e. The zero-order valence-electron chi connectivity index (χ0n) is 14.2. The third-order valence-electron chi connectivity index (χ3n) is 4.73. The van der Waals surface area contributed by atoms with Crippen LogP contribution >= 0.6 is 0 Å². The van der Waals surface area contributed by atoms with Gasteiger partial charge in [-0.25, -0.2) is 9.07 Å². The van der Waals surface area contributed by atoms with Gasteiger partial charge in [0.05, 0.1) is 23.7 Å². The van der Waals surface area contributed by atoms with Crippen LogP contribution in [0.4, 0.5) is 4.39 Å². The average molecular weight is 345 g/mol. The molecule has 0 saturated carbocycles. The standard InChI is InChI=1S/C18H20FN3O3/c1-11-16(9-17(23)21-8-7-13(10-21)18(24)25)12(2)22(20-11)15-5-3-14(19)4-6-15/h3-6,13H,7-10H2,1-2H3,(H,24,25)/t13-/m0/s1. The fraction of sp³-hybridized carbons (Fsp3) is 0.389. The van der Waals surface area contributed by atoms with E-state index in [9.17, 15) is 14.0 Å². The predicted molar refractivity (Wildman–Crippen MR) is 89.0 cm³/mol. The summed E-state index contributed by atoms with van der Waals surface area (Å²) in [5.74, 6) is -1.74. The third-order valence-corrected chi connectivity index (χ3v) is 4.73. The molecule has 132 valence electrons. The summed E-state index contributed by atoms with van der Waals surface area (Å²) < 4.78 is 14.8. The maximum atomic E-state index is 13.1. The number of aryl methyl sites for hydroxylation is 1. The number of rotatable bonds is 4. The topological polar surface area (TPSA) is 75.4 Å². The fourth-order valence-electron chi connectivity index (χ4n) is 3.22. The van der Waals surface area contributed by atoms with E-state index in [1.165, 1.54) is 12.1 Å². The molecule has 0 radical (unpaired) electrons. The highest BCUT2D eigenvalue weighted by Gasteiger charge is 2.31. The van der Waals surface area contributed by atoms with Gasteiger partial charge in [0, 0.05) is 24.3 Å². The first-order chi connectivity index (χ1) is 11.9. The lowest BCUT2D eigenvalue weighted by Crippen LogP contribution is -2.31. The first-order valence-electron chi connectivity index (χ1n) is 8.18. The summed E-state index contributed by atoms with van der Waals surface area (Å²) in [6.45, 7) is 4.44. The van der Waals surface area contributed by atoms with Crippen LogP contribution in [-0.4, -0.2) is 44.8 Å². The summed E-state index contributed by atoms with van der Waals surface area (Å²) >= 11 is 0. The van der Waals surface area contributed by atoms with Crippen LogP contribution in [0.15, 0.2) is 24.3 Å². The van der Waals surface area contributed by atoms with Crippen molar-refractivity contribution in [1.82, 2.24) is 14.7 Å². The van der Waals surface area contributed by atoms with Gasteiger partial charge < -0.3 is 10.0 Å². The minimum atomic E-state index is -0.855. The van der Waals surface area contributed by atoms with Crippen molar-refractivity contribution in [1.29, 1.82) is 0 Å². The summed E-state index contributed by atoms with van der Waals surface area (Å²) in [6, 6.07) is 6.01. The van der Waals surface area contributed by atoms with Gasteiger partial charge in [0.1, 0.15) is 5.82 Å². The van der Waals surface area contributed by atoms with Gasteiger partial charge in [0.25, 0.3) is 0 Å². The van der Waals surface area contributed by atoms with Crippen LogP contribution in [0.3, 0.4) is 0 Å². The number of nitrogens with zero attached hydrogens (tertiary/aromatic N) is 3. The molecule has 25 heavy (non-hydrogen) atoms. The maximum Gasteiger partial charge on any atom is 0.308 e. The highest BCUT2D eigenvalue weighted by atomic mass is 19.1. The number of halogens is 1. The number of aliphatic carboxylic acids is 1. The summed E-state index contributed by atoms with van der Waals surface area (Å²) in [6.07, 6.45) is 0.680. The molecule has 1 aromatic carbocycles. The van der Waals surface area contributed by atoms with Gasteiger partial charge >= 0.3 is 5.97 Å². The Hall–Kier alpha value is -2.70. The van der Waals surface area contributed by atoms with Crippen LogP contribution in [0.1, 0.15) is 23.4 Å². The van der Waals surface area contributed by atoms with Gasteiger partial charge in [-0.15, -0.1) is 0 Å². The van der Waals surface area contributed by atoms with Crippen molar-refractivity contribution < 1.29 is 19.1 Å². The number of carboxylic acids is 1. The molecule has 7 heteroatoms. The molecule has 1 saturated heterocycles. The molecule has 0 bridgehead atoms. The Bertz CT molecular complexity index is 814. The highest BCUT2D eigenvalue weighted by molar-refractivity contribution is 5.81. The van der Waals surface area contributed by atoms with Crippen LogP contribution in [0.25, 0.3) is 5.69 Å². The van der Waals surface area contributed by atoms with Crippen molar-refractivity contribution in [3.8, 4) is 5.69 Å². The second kappa shape index (κ2) is 6.66. The Kier molecular flexibility index (Phi) is 4.57. The van der Waals surface area contributed by atoms with E-state index in [-0.39, 0.29) is 24.7 Å². The second-order valence-corrected chi connectivity index (χ2v) is 6.38. The lowest BCUT2D eigenvalue weighted by molar-refractivity contribution is -0.141. The van der Waals surface area contributed by atoms with Crippen molar-refractivity contribution >= 4 is 11.9 Å². The molecule has 0 aliphatic carbocycles. The fourth-order valence-corrected chi connectivity index (χ4v) is 3.22. The van der Waals surface area contributed by atoms with Crippen molar-refractivity contribution in [2.24, 2.45) is 5.92 Å². The van der Waals surface area contributed by atoms with E-state index >= 15 is 0 Å². The summed E-state index contributed by atoms with van der Waals surface area (Å²) in [5, 5.41) is 13.5. The molecule has 1 amide bonds. The molecule has 2 heterocycles. The summed E-state index contributed by atoms with van der Waals surface area (Å²) in [7, 11) is 0. The molecule has 1 aliphatic rings. The van der Waals surface area contributed by atoms with Gasteiger partial charge in [-0.1, -0.05) is 0 Å². The van der Waals surface area contributed by atoms with E-state index in [0.717, 1.165) is 22.6 Å². The van der Waals surface area contributed by atoms with Crippen molar-refractivity contribution in [3.05, 3.63) is 47.0 Å². The molecule has 2 aromatic rings. The van der Waals surface area contributed by atoms with Crippen molar-refractivity contribution in [3.63, 3.8) is 0 Å². The quantitative estimate of drug-likeness (QED) is 0.921. The summed E-state index contributed by atoms with van der Waals surface area (Å²) in [4.78, 5) is 25.2. The van der Waals surface area contributed by atoms with Crippen LogP contribution in [0.2, 0.25) is 0 Å². The number of hydrogen-bond donors (Lipinski definition) is 1. The van der Waals surface area contributed by atoms with Crippen LogP contribution in [-0.2, 0) is 16.0 Å². The zero-order chi connectivity index (χ0) is 18.1. The minimum absolute atomic E-state index is 0.0893. The van der Waals surface area contributed by atoms with Crippen LogP contribution < -0.4 is 0 Å². The Labute approximate surface area is 144 Å². The number of hydrogen-bond acceptors (Lipinski definition) is 3. The number of amides is 1. The average Bonchev–Trinajstić information content (AvgIpc) is 3.17. The highest BCUT2D eigenvalue weighted by Crippen LogP contribution is 2.22. The molecule has 0 unspecified atom stereocenters. The van der Waals surface area contributed by atoms with E-state index < -0.39 is 11.9 Å². The van der Waals surface area contributed by atoms with E-state index in [4.69, 9.17) is 5.11 Å². The van der Waals surface area contributed by atoms with Crippen molar-refractivity contribution in [2.75, 3.05) is 13.1 Å². The van der Waals surface area contributed by atoms with Crippen LogP contribution in [0.5, 0.6) is 0 Å². The number of carboxylic acid groups (broad SMARTS) is 1. The molecule has 1 fully saturated rings. The van der Waals surface area contributed by atoms with Gasteiger partial charge in [-0.3, -0.25) is 9.59 Å². The lowest BCUT2D eigenvalue weighted by Gasteiger charge is -2.16. The lowest BCUT2D eigenvalue weighted by atomic mass is 10.1. The van der Waals surface area contributed by atoms with E-state index in [1.807, 2.05) is 13.8 Å². The normalized spacial score (nSPS) is 17.1. The number of benzene rings is 1. The Morgan fingerprint density at radius 3 is 2.56 bits per heavy atom. The van der Waals surface area contributed by atoms with Gasteiger partial charge in [0.15, 0.2) is 0 Å². The first kappa shape index (κ1) is 17.1. The third kappa shape index (κ3) is 3.40. The number of likely N-dealkylation sites (tertiary alicyclic amines) is 1. The van der Waals surface area contributed by atoms with Crippen molar-refractivity contribution in [2.45, 2.75) is 26.7 Å². The predicted octanol–water partition coefficient (Wildman–Crippen LogP) is 2.10. The summed E-state index contributed by atoms with van der Waals surface area (Å²) in [5.41, 5.74) is 3.12. The molecule has 3 rings (SSSR count). The maximum absolute atomic E-state index is 13.1. The van der Waals surface area contributed by atoms with E-state index in [0.29, 0.717) is 13.0 Å². The molecule has 6 nitrogen and oxygen atoms in total. The molecule has 1 aromatic heterocycles. The van der Waals surface area contributed by atoms with Gasteiger partial charge in [0.2, 0.25) is 5.91 Å². The molecular formula is C18H20FN3O3. The van der Waals surface area contributed by atoms with E-state index in [2.05, 4.69) is 5.10 Å². The number of aromatic nitrogens is 2. The Balaban J connectivity index is 1.78. The molecule has 1 aliphatic heterocycles. The number of carbonyl (C=O) groups is 2. The first-order valence-corrected chi connectivity index (χ1v) is 8.18. The van der Waals surface area contributed by atoms with Crippen LogP contribution in [0, 0.1) is 25.6 Å². The smallest absolute Gasteiger partial charge is 0.308 e. The zero-order valence-corrected chi connectivity index (χ0v) is 14.2. The molecule has 1 atom stereocenters. The molecule has 1 N–H and O–H groups in total. The van der Waals surface area contributed by atoms with Gasteiger partial charge in [-0.05, 0) is 44.5 Å². The SMILES string of the molecule is Cc1nn(-c2ccc(F)cc2)c(C)c1CC(=O)N1CC[C@H](C(=O)O)C1.